The SMILES string of the molecule is COCCn1c(-c2ccccc2)ccc(C(C)(C)O)c1=O. The van der Waals surface area contributed by atoms with Crippen molar-refractivity contribution >= 4 is 0 Å². The van der Waals surface area contributed by atoms with Crippen molar-refractivity contribution in [3.63, 3.8) is 0 Å². The Labute approximate surface area is 124 Å². The van der Waals surface area contributed by atoms with Crippen molar-refractivity contribution < 1.29 is 9.84 Å². The van der Waals surface area contributed by atoms with Crippen molar-refractivity contribution in [3.05, 3.63) is 58.4 Å². The zero-order chi connectivity index (χ0) is 15.5. The van der Waals surface area contributed by atoms with Crippen LogP contribution in [0.15, 0.2) is 47.3 Å². The number of hydrogen-bond donors (Lipinski definition) is 1. The van der Waals surface area contributed by atoms with Crippen LogP contribution in [0.25, 0.3) is 11.3 Å². The van der Waals surface area contributed by atoms with E-state index in [9.17, 15) is 9.90 Å². The molecule has 0 aliphatic heterocycles. The molecule has 1 N–H and O–H groups in total. The molecule has 0 unspecified atom stereocenters. The Hall–Kier alpha value is -1.91. The minimum absolute atomic E-state index is 0.180. The van der Waals surface area contributed by atoms with Crippen molar-refractivity contribution in [2.24, 2.45) is 0 Å². The Morgan fingerprint density at radius 1 is 1.14 bits per heavy atom. The lowest BCUT2D eigenvalue weighted by Crippen LogP contribution is -2.33. The minimum atomic E-state index is -1.17. The van der Waals surface area contributed by atoms with E-state index in [-0.39, 0.29) is 5.56 Å². The summed E-state index contributed by atoms with van der Waals surface area (Å²) in [6, 6.07) is 13.3. The molecule has 0 fully saturated rings. The van der Waals surface area contributed by atoms with Gasteiger partial charge >= 0.3 is 0 Å². The quantitative estimate of drug-likeness (QED) is 0.918. The van der Waals surface area contributed by atoms with Crippen molar-refractivity contribution in [2.75, 3.05) is 13.7 Å². The first-order chi connectivity index (χ1) is 9.95. The van der Waals surface area contributed by atoms with Crippen LogP contribution in [0.4, 0.5) is 0 Å². The van der Waals surface area contributed by atoms with Crippen LogP contribution in [0.1, 0.15) is 19.4 Å². The third kappa shape index (κ3) is 3.40. The average molecular weight is 287 g/mol. The van der Waals surface area contributed by atoms with E-state index in [2.05, 4.69) is 0 Å². The fourth-order valence-electron chi connectivity index (χ4n) is 2.31. The maximum Gasteiger partial charge on any atom is 0.257 e. The van der Waals surface area contributed by atoms with Gasteiger partial charge in [-0.2, -0.15) is 0 Å². The van der Waals surface area contributed by atoms with Gasteiger partial charge in [0, 0.05) is 19.2 Å². The lowest BCUT2D eigenvalue weighted by atomic mass is 9.98. The second-order valence-electron chi connectivity index (χ2n) is 5.51. The molecule has 0 amide bonds. The summed E-state index contributed by atoms with van der Waals surface area (Å²) in [6.45, 7) is 4.12. The monoisotopic (exact) mass is 287 g/mol. The lowest BCUT2D eigenvalue weighted by molar-refractivity contribution is 0.0762. The molecule has 112 valence electrons. The molecule has 2 aromatic rings. The molecule has 0 radical (unpaired) electrons. The maximum atomic E-state index is 12.7. The topological polar surface area (TPSA) is 51.5 Å². The highest BCUT2D eigenvalue weighted by Crippen LogP contribution is 2.21. The smallest absolute Gasteiger partial charge is 0.257 e. The summed E-state index contributed by atoms with van der Waals surface area (Å²) in [6.07, 6.45) is 0. The summed E-state index contributed by atoms with van der Waals surface area (Å²) >= 11 is 0. The van der Waals surface area contributed by atoms with Gasteiger partial charge in [-0.3, -0.25) is 4.79 Å². The van der Waals surface area contributed by atoms with Gasteiger partial charge in [0.15, 0.2) is 0 Å². The normalized spacial score (nSPS) is 11.6. The number of benzene rings is 1. The molecular weight excluding hydrogens is 266 g/mol. The van der Waals surface area contributed by atoms with Crippen molar-refractivity contribution in [2.45, 2.75) is 26.0 Å². The Bertz CT molecular complexity index is 654. The summed E-state index contributed by atoms with van der Waals surface area (Å²) in [5.74, 6) is 0. The molecule has 4 heteroatoms. The van der Waals surface area contributed by atoms with E-state index in [1.807, 2.05) is 36.4 Å². The molecule has 0 saturated heterocycles. The largest absolute Gasteiger partial charge is 0.386 e. The molecule has 0 atom stereocenters. The zero-order valence-corrected chi connectivity index (χ0v) is 12.7. The zero-order valence-electron chi connectivity index (χ0n) is 12.7. The van der Waals surface area contributed by atoms with Crippen LogP contribution in [-0.4, -0.2) is 23.4 Å². The van der Waals surface area contributed by atoms with Crippen LogP contribution in [0.5, 0.6) is 0 Å². The molecule has 2 rings (SSSR count). The highest BCUT2D eigenvalue weighted by molar-refractivity contribution is 5.59. The predicted octanol–water partition coefficient (Wildman–Crippen LogP) is 2.39. The van der Waals surface area contributed by atoms with Crippen LogP contribution < -0.4 is 5.56 Å². The Balaban J connectivity index is 2.61. The summed E-state index contributed by atoms with van der Waals surface area (Å²) in [7, 11) is 1.60. The Kier molecular flexibility index (Phi) is 4.60. The van der Waals surface area contributed by atoms with E-state index in [4.69, 9.17) is 4.74 Å². The molecule has 21 heavy (non-hydrogen) atoms. The lowest BCUT2D eigenvalue weighted by Gasteiger charge is -2.21. The van der Waals surface area contributed by atoms with Gasteiger partial charge in [0.2, 0.25) is 0 Å². The third-order valence-corrected chi connectivity index (χ3v) is 3.42. The maximum absolute atomic E-state index is 12.7. The van der Waals surface area contributed by atoms with Crippen LogP contribution >= 0.6 is 0 Å². The summed E-state index contributed by atoms with van der Waals surface area (Å²) in [5.41, 5.74) is 0.832. The number of methoxy groups -OCH3 is 1. The van der Waals surface area contributed by atoms with Gasteiger partial charge in [0.25, 0.3) is 5.56 Å². The van der Waals surface area contributed by atoms with Crippen LogP contribution in [0, 0.1) is 0 Å². The van der Waals surface area contributed by atoms with E-state index in [0.717, 1.165) is 11.3 Å². The van der Waals surface area contributed by atoms with Crippen molar-refractivity contribution in [1.29, 1.82) is 0 Å². The molecule has 0 aliphatic rings. The second-order valence-corrected chi connectivity index (χ2v) is 5.51. The molecule has 0 saturated carbocycles. The van der Waals surface area contributed by atoms with Gasteiger partial charge in [-0.05, 0) is 31.5 Å². The van der Waals surface area contributed by atoms with Gasteiger partial charge in [0.1, 0.15) is 0 Å². The summed E-state index contributed by atoms with van der Waals surface area (Å²) < 4.78 is 6.75. The minimum Gasteiger partial charge on any atom is -0.386 e. The molecule has 0 bridgehead atoms. The van der Waals surface area contributed by atoms with E-state index >= 15 is 0 Å². The first-order valence-corrected chi connectivity index (χ1v) is 6.96. The number of rotatable bonds is 5. The molecule has 4 nitrogen and oxygen atoms in total. The second kappa shape index (κ2) is 6.24. The first-order valence-electron chi connectivity index (χ1n) is 6.96. The highest BCUT2D eigenvalue weighted by Gasteiger charge is 2.22. The van der Waals surface area contributed by atoms with Crippen LogP contribution in [-0.2, 0) is 16.9 Å². The molecule has 0 spiro atoms. The van der Waals surface area contributed by atoms with Crippen molar-refractivity contribution in [3.8, 4) is 11.3 Å². The fraction of sp³-hybridized carbons (Fsp3) is 0.353. The van der Waals surface area contributed by atoms with Crippen LogP contribution in [0.2, 0.25) is 0 Å². The predicted molar refractivity (Wildman–Crippen MR) is 83.3 cm³/mol. The summed E-state index contributed by atoms with van der Waals surface area (Å²) in [5, 5.41) is 10.1. The van der Waals surface area contributed by atoms with Crippen molar-refractivity contribution in [1.82, 2.24) is 4.57 Å². The van der Waals surface area contributed by atoms with Crippen LogP contribution in [0.3, 0.4) is 0 Å². The standard InChI is InChI=1S/C17H21NO3/c1-17(2,20)14-9-10-15(13-7-5-4-6-8-13)18(16(14)19)11-12-21-3/h4-10,20H,11-12H2,1-3H3. The summed E-state index contributed by atoms with van der Waals surface area (Å²) in [4.78, 5) is 12.7. The first kappa shape index (κ1) is 15.5. The van der Waals surface area contributed by atoms with E-state index < -0.39 is 5.60 Å². The number of ether oxygens (including phenoxy) is 1. The van der Waals surface area contributed by atoms with Gasteiger partial charge in [-0.1, -0.05) is 30.3 Å². The molecule has 0 aliphatic carbocycles. The van der Waals surface area contributed by atoms with Gasteiger partial charge in [-0.25, -0.2) is 0 Å². The number of pyridine rings is 1. The van der Waals surface area contributed by atoms with Gasteiger partial charge in [-0.15, -0.1) is 0 Å². The Morgan fingerprint density at radius 2 is 1.81 bits per heavy atom. The van der Waals surface area contributed by atoms with E-state index in [1.54, 1.807) is 31.6 Å². The molecule has 1 aromatic heterocycles. The fourth-order valence-corrected chi connectivity index (χ4v) is 2.31. The third-order valence-electron chi connectivity index (χ3n) is 3.42. The number of nitrogens with zero attached hydrogens (tertiary/aromatic N) is 1. The Morgan fingerprint density at radius 3 is 2.38 bits per heavy atom. The van der Waals surface area contributed by atoms with E-state index in [0.29, 0.717) is 18.7 Å². The van der Waals surface area contributed by atoms with E-state index in [1.165, 1.54) is 0 Å². The number of hydrogen-bond acceptors (Lipinski definition) is 3. The molecule has 1 aromatic carbocycles. The highest BCUT2D eigenvalue weighted by atomic mass is 16.5. The number of aliphatic hydroxyl groups is 1. The molecule has 1 heterocycles. The molecular formula is C17H21NO3. The van der Waals surface area contributed by atoms with Gasteiger partial charge < -0.3 is 14.4 Å². The van der Waals surface area contributed by atoms with Gasteiger partial charge in [0.05, 0.1) is 17.9 Å². The number of aromatic nitrogens is 1. The average Bonchev–Trinajstić information content (AvgIpc) is 2.45.